The third-order valence-corrected chi connectivity index (χ3v) is 4.75. The third kappa shape index (κ3) is 4.86. The Labute approximate surface area is 175 Å². The lowest BCUT2D eigenvalue weighted by Gasteiger charge is -2.06. The van der Waals surface area contributed by atoms with Crippen LogP contribution in [-0.2, 0) is 6.73 Å². The zero-order valence-corrected chi connectivity index (χ0v) is 16.4. The van der Waals surface area contributed by atoms with Crippen molar-refractivity contribution in [3.63, 3.8) is 0 Å². The molecule has 0 atom stereocenters. The number of nitrogens with one attached hydrogen (secondary N) is 1. The first-order valence-electron chi connectivity index (χ1n) is 8.87. The van der Waals surface area contributed by atoms with E-state index in [9.17, 15) is 10.1 Å². The summed E-state index contributed by atoms with van der Waals surface area (Å²) < 4.78 is 6.98. The summed E-state index contributed by atoms with van der Waals surface area (Å²) >= 11 is 1.47. The minimum Gasteiger partial charge on any atom is -0.471 e. The number of hydrogen-bond donors (Lipinski definition) is 1. The van der Waals surface area contributed by atoms with Gasteiger partial charge in [-0.1, -0.05) is 42.5 Å². The predicted molar refractivity (Wildman–Crippen MR) is 115 cm³/mol. The lowest BCUT2D eigenvalue weighted by atomic mass is 10.2. The van der Waals surface area contributed by atoms with Crippen LogP contribution in [0, 0.1) is 10.1 Å². The summed E-state index contributed by atoms with van der Waals surface area (Å²) in [6.07, 6.45) is 4.15. The van der Waals surface area contributed by atoms with Gasteiger partial charge in [-0.25, -0.2) is 9.67 Å². The summed E-state index contributed by atoms with van der Waals surface area (Å²) in [4.78, 5) is 14.7. The number of benzene rings is 2. The zero-order chi connectivity index (χ0) is 20.8. The van der Waals surface area contributed by atoms with Gasteiger partial charge in [0.05, 0.1) is 16.8 Å². The Bertz CT molecular complexity index is 1170. The normalized spacial score (nSPS) is 10.9. The fraction of sp³-hybridized carbons (Fsp3) is 0.0500. The minimum absolute atomic E-state index is 0.0636. The quantitative estimate of drug-likeness (QED) is 0.257. The van der Waals surface area contributed by atoms with E-state index in [4.69, 9.17) is 4.74 Å². The van der Waals surface area contributed by atoms with Gasteiger partial charge in [0.2, 0.25) is 5.13 Å². The summed E-state index contributed by atoms with van der Waals surface area (Å²) in [6.45, 7) is 0.0636. The molecule has 0 amide bonds. The van der Waals surface area contributed by atoms with Gasteiger partial charge in [0.1, 0.15) is 18.1 Å². The fourth-order valence-electron chi connectivity index (χ4n) is 2.57. The van der Waals surface area contributed by atoms with Crippen molar-refractivity contribution in [1.82, 2.24) is 14.8 Å². The first-order chi connectivity index (χ1) is 14.7. The van der Waals surface area contributed by atoms with Crippen molar-refractivity contribution in [2.24, 2.45) is 5.10 Å². The number of ether oxygens (including phenoxy) is 1. The van der Waals surface area contributed by atoms with Crippen molar-refractivity contribution in [2.75, 3.05) is 5.43 Å². The van der Waals surface area contributed by atoms with Crippen LogP contribution in [0.5, 0.6) is 5.75 Å². The molecule has 30 heavy (non-hydrogen) atoms. The molecule has 9 nitrogen and oxygen atoms in total. The average molecular weight is 420 g/mol. The highest BCUT2D eigenvalue weighted by atomic mass is 32.1. The Morgan fingerprint density at radius 1 is 1.23 bits per heavy atom. The van der Waals surface area contributed by atoms with Crippen molar-refractivity contribution in [3.8, 4) is 17.0 Å². The van der Waals surface area contributed by atoms with E-state index in [-0.39, 0.29) is 12.4 Å². The molecule has 0 saturated carbocycles. The highest BCUT2D eigenvalue weighted by Gasteiger charge is 2.08. The largest absolute Gasteiger partial charge is 0.471 e. The third-order valence-electron chi connectivity index (χ3n) is 4.00. The maximum absolute atomic E-state index is 10.7. The summed E-state index contributed by atoms with van der Waals surface area (Å²) in [5.41, 5.74) is 5.63. The molecule has 1 N–H and O–H groups in total. The van der Waals surface area contributed by atoms with Crippen LogP contribution in [0.1, 0.15) is 5.56 Å². The van der Waals surface area contributed by atoms with Crippen molar-refractivity contribution in [3.05, 3.63) is 88.0 Å². The second-order valence-corrected chi connectivity index (χ2v) is 6.97. The lowest BCUT2D eigenvalue weighted by molar-refractivity contribution is -0.385. The van der Waals surface area contributed by atoms with E-state index in [0.29, 0.717) is 10.9 Å². The maximum Gasteiger partial charge on any atom is 0.307 e. The van der Waals surface area contributed by atoms with Gasteiger partial charge in [0.15, 0.2) is 6.73 Å². The van der Waals surface area contributed by atoms with Crippen molar-refractivity contribution in [2.45, 2.75) is 6.73 Å². The number of nitrogens with zero attached hydrogens (tertiary/aromatic N) is 5. The van der Waals surface area contributed by atoms with Crippen LogP contribution in [0.3, 0.4) is 0 Å². The SMILES string of the molecule is O=[N+]([O-])c1cnn(COc2cccc(C=NNc3nc(-c4ccccc4)cs3)c2)c1. The molecule has 10 heteroatoms. The number of nitro groups is 1. The van der Waals surface area contributed by atoms with E-state index in [1.165, 1.54) is 28.4 Å². The summed E-state index contributed by atoms with van der Waals surface area (Å²) in [5.74, 6) is 0.595. The average Bonchev–Trinajstić information content (AvgIpc) is 3.43. The first-order valence-corrected chi connectivity index (χ1v) is 9.75. The molecule has 4 aromatic rings. The molecule has 0 radical (unpaired) electrons. The molecule has 0 aliphatic rings. The number of rotatable bonds is 8. The molecule has 0 saturated heterocycles. The summed E-state index contributed by atoms with van der Waals surface area (Å²) in [5, 5.41) is 21.5. The minimum atomic E-state index is -0.501. The van der Waals surface area contributed by atoms with Gasteiger partial charge in [-0.05, 0) is 17.7 Å². The second-order valence-electron chi connectivity index (χ2n) is 6.11. The summed E-state index contributed by atoms with van der Waals surface area (Å²) in [6, 6.07) is 17.2. The zero-order valence-electron chi connectivity index (χ0n) is 15.6. The van der Waals surface area contributed by atoms with Crippen LogP contribution in [0.25, 0.3) is 11.3 Å². The molecule has 2 aromatic carbocycles. The Balaban J connectivity index is 1.34. The highest BCUT2D eigenvalue weighted by molar-refractivity contribution is 7.14. The highest BCUT2D eigenvalue weighted by Crippen LogP contribution is 2.24. The predicted octanol–water partition coefficient (Wildman–Crippen LogP) is 4.40. The molecule has 0 bridgehead atoms. The molecule has 2 heterocycles. The molecule has 0 unspecified atom stereocenters. The van der Waals surface area contributed by atoms with Gasteiger partial charge in [-0.15, -0.1) is 11.3 Å². The molecule has 0 aliphatic heterocycles. The molecular weight excluding hydrogens is 404 g/mol. The van der Waals surface area contributed by atoms with E-state index >= 15 is 0 Å². The Morgan fingerprint density at radius 2 is 2.10 bits per heavy atom. The number of thiazole rings is 1. The number of aromatic nitrogens is 3. The van der Waals surface area contributed by atoms with E-state index in [2.05, 4.69) is 20.6 Å². The topological polar surface area (TPSA) is 107 Å². The standard InChI is InChI=1S/C20H16N6O3S/c27-26(28)17-11-22-25(12-17)14-29-18-8-4-5-15(9-18)10-21-24-20-23-19(13-30-20)16-6-2-1-3-7-16/h1-13H,14H2,(H,23,24). The summed E-state index contributed by atoms with van der Waals surface area (Å²) in [7, 11) is 0. The van der Waals surface area contributed by atoms with E-state index in [1.807, 2.05) is 47.8 Å². The van der Waals surface area contributed by atoms with Gasteiger partial charge >= 0.3 is 5.69 Å². The number of hydrazone groups is 1. The van der Waals surface area contributed by atoms with Crippen LogP contribution in [0.15, 0.2) is 77.5 Å². The smallest absolute Gasteiger partial charge is 0.307 e. The van der Waals surface area contributed by atoms with Crippen LogP contribution in [-0.4, -0.2) is 25.9 Å². The van der Waals surface area contributed by atoms with Gasteiger partial charge < -0.3 is 4.74 Å². The Morgan fingerprint density at radius 3 is 2.90 bits per heavy atom. The molecule has 0 spiro atoms. The molecule has 2 aromatic heterocycles. The Hall–Kier alpha value is -4.05. The van der Waals surface area contributed by atoms with Gasteiger partial charge in [-0.2, -0.15) is 10.2 Å². The number of anilines is 1. The molecule has 0 fully saturated rings. The molecular formula is C20H16N6O3S. The van der Waals surface area contributed by atoms with Crippen LogP contribution in [0.4, 0.5) is 10.8 Å². The van der Waals surface area contributed by atoms with E-state index in [1.54, 1.807) is 18.3 Å². The van der Waals surface area contributed by atoms with Crippen LogP contribution < -0.4 is 10.2 Å². The van der Waals surface area contributed by atoms with Crippen LogP contribution in [0.2, 0.25) is 0 Å². The van der Waals surface area contributed by atoms with E-state index < -0.39 is 4.92 Å². The van der Waals surface area contributed by atoms with Crippen molar-refractivity contribution in [1.29, 1.82) is 0 Å². The number of hydrogen-bond acceptors (Lipinski definition) is 8. The van der Waals surface area contributed by atoms with Crippen molar-refractivity contribution < 1.29 is 9.66 Å². The lowest BCUT2D eigenvalue weighted by Crippen LogP contribution is -2.05. The molecule has 4 rings (SSSR count). The van der Waals surface area contributed by atoms with Gasteiger partial charge in [0, 0.05) is 10.9 Å². The van der Waals surface area contributed by atoms with Gasteiger partial charge in [0.25, 0.3) is 0 Å². The molecule has 150 valence electrons. The Kier molecular flexibility index (Phi) is 5.76. The van der Waals surface area contributed by atoms with E-state index in [0.717, 1.165) is 16.8 Å². The fourth-order valence-corrected chi connectivity index (χ4v) is 3.24. The van der Waals surface area contributed by atoms with Crippen LogP contribution >= 0.6 is 11.3 Å². The molecule has 0 aliphatic carbocycles. The van der Waals surface area contributed by atoms with Crippen molar-refractivity contribution >= 4 is 28.4 Å². The monoisotopic (exact) mass is 420 g/mol. The first kappa shape index (κ1) is 19.3. The maximum atomic E-state index is 10.7. The van der Waals surface area contributed by atoms with Gasteiger partial charge in [-0.3, -0.25) is 15.5 Å². The second kappa shape index (κ2) is 8.97.